The van der Waals surface area contributed by atoms with Crippen LogP contribution < -0.4 is 5.32 Å². The van der Waals surface area contributed by atoms with Crippen LogP contribution in [0.4, 0.5) is 0 Å². The summed E-state index contributed by atoms with van der Waals surface area (Å²) in [6, 6.07) is 8.63. The molecule has 2 bridgehead atoms. The van der Waals surface area contributed by atoms with Crippen molar-refractivity contribution in [2.24, 2.45) is 5.92 Å². The van der Waals surface area contributed by atoms with Gasteiger partial charge in [0.25, 0.3) is 0 Å². The molecule has 5 heteroatoms. The quantitative estimate of drug-likeness (QED) is 0.884. The highest BCUT2D eigenvalue weighted by atomic mass is 79.9. The van der Waals surface area contributed by atoms with Gasteiger partial charge in [0.05, 0.1) is 5.60 Å². The highest BCUT2D eigenvalue weighted by Crippen LogP contribution is 2.47. The van der Waals surface area contributed by atoms with Gasteiger partial charge < -0.3 is 15.2 Å². The third kappa shape index (κ3) is 2.50. The Morgan fingerprint density at radius 2 is 2.40 bits per heavy atom. The Balaban J connectivity index is 1.96. The molecule has 1 heterocycles. The van der Waals surface area contributed by atoms with Crippen molar-refractivity contribution in [3.05, 3.63) is 34.3 Å². The van der Waals surface area contributed by atoms with Gasteiger partial charge in [-0.3, -0.25) is 0 Å². The van der Waals surface area contributed by atoms with E-state index in [9.17, 15) is 4.79 Å². The normalized spacial score (nSPS) is 32.2. The molecular formula is C15H18BrNO3. The van der Waals surface area contributed by atoms with Crippen molar-refractivity contribution < 1.29 is 14.6 Å². The van der Waals surface area contributed by atoms with E-state index in [-0.39, 0.29) is 6.61 Å². The molecule has 1 aromatic rings. The number of hydrogen-bond acceptors (Lipinski definition) is 3. The third-order valence-electron chi connectivity index (χ3n) is 4.51. The topological polar surface area (TPSA) is 58.6 Å². The van der Waals surface area contributed by atoms with Crippen LogP contribution in [0.5, 0.6) is 0 Å². The summed E-state index contributed by atoms with van der Waals surface area (Å²) in [5.41, 5.74) is 0.614. The predicted molar refractivity (Wildman–Crippen MR) is 78.5 cm³/mol. The van der Waals surface area contributed by atoms with E-state index in [2.05, 4.69) is 27.3 Å². The maximum atomic E-state index is 10.9. The number of fused-ring (bicyclic) bond motifs is 2. The summed E-state index contributed by atoms with van der Waals surface area (Å²) in [6.45, 7) is 0.657. The molecule has 1 aromatic carbocycles. The van der Waals surface area contributed by atoms with Gasteiger partial charge in [-0.25, -0.2) is 4.79 Å². The second kappa shape index (κ2) is 5.47. The number of ether oxygens (including phenoxy) is 1. The van der Waals surface area contributed by atoms with Crippen LogP contribution in [0.2, 0.25) is 0 Å². The van der Waals surface area contributed by atoms with Crippen molar-refractivity contribution in [3.8, 4) is 0 Å². The van der Waals surface area contributed by atoms with Gasteiger partial charge in [0.2, 0.25) is 0 Å². The number of carbonyl (C=O) groups is 1. The molecule has 20 heavy (non-hydrogen) atoms. The molecule has 2 N–H and O–H groups in total. The lowest BCUT2D eigenvalue weighted by Gasteiger charge is -2.42. The van der Waals surface area contributed by atoms with Crippen LogP contribution in [-0.4, -0.2) is 30.3 Å². The average Bonchev–Trinajstić information content (AvgIpc) is 2.82. The van der Waals surface area contributed by atoms with Gasteiger partial charge in [-0.15, -0.1) is 0 Å². The van der Waals surface area contributed by atoms with E-state index in [1.807, 2.05) is 18.2 Å². The fourth-order valence-corrected chi connectivity index (χ4v) is 3.98. The number of nitrogens with one attached hydrogen (secondary N) is 1. The molecule has 3 atom stereocenters. The highest BCUT2D eigenvalue weighted by molar-refractivity contribution is 9.10. The number of rotatable bonds is 4. The number of hydrogen-bond donors (Lipinski definition) is 2. The lowest BCUT2D eigenvalue weighted by molar-refractivity contribution is -0.158. The largest absolute Gasteiger partial charge is 0.480 e. The molecule has 1 aliphatic carbocycles. The number of benzene rings is 1. The van der Waals surface area contributed by atoms with Crippen molar-refractivity contribution >= 4 is 21.9 Å². The Labute approximate surface area is 126 Å². The minimum absolute atomic E-state index is 0.242. The number of carboxylic acid groups (broad SMARTS) is 1. The Hall–Kier alpha value is -0.910. The molecule has 0 spiro atoms. The van der Waals surface area contributed by atoms with Crippen LogP contribution in [0, 0.1) is 5.92 Å². The number of halogens is 1. The molecule has 0 amide bonds. The van der Waals surface area contributed by atoms with Crippen molar-refractivity contribution in [2.45, 2.75) is 30.9 Å². The third-order valence-corrected chi connectivity index (χ3v) is 5.01. The Bertz CT molecular complexity index is 522. The van der Waals surface area contributed by atoms with Crippen LogP contribution in [0.25, 0.3) is 0 Å². The maximum absolute atomic E-state index is 10.9. The second-order valence-electron chi connectivity index (χ2n) is 5.66. The van der Waals surface area contributed by atoms with Gasteiger partial charge in [0.15, 0.2) is 0 Å². The summed E-state index contributed by atoms with van der Waals surface area (Å²) in [5, 5.41) is 12.5. The first-order chi connectivity index (χ1) is 9.60. The molecular weight excluding hydrogens is 322 g/mol. The minimum Gasteiger partial charge on any atom is -0.480 e. The van der Waals surface area contributed by atoms with Gasteiger partial charge >= 0.3 is 5.97 Å². The lowest BCUT2D eigenvalue weighted by atomic mass is 9.72. The number of aliphatic carboxylic acids is 1. The standard InChI is InChI=1S/C15H18BrNO3/c16-12-3-1-2-10(6-12)15(20-9-14(18)19)5-4-13-7-11(15)8-17-13/h1-3,6,11,13,17H,4-5,7-9H2,(H,18,19). The molecule has 4 nitrogen and oxygen atoms in total. The smallest absolute Gasteiger partial charge is 0.329 e. The highest BCUT2D eigenvalue weighted by Gasteiger charge is 2.49. The van der Waals surface area contributed by atoms with E-state index in [4.69, 9.17) is 9.84 Å². The van der Waals surface area contributed by atoms with Gasteiger partial charge in [-0.1, -0.05) is 28.1 Å². The van der Waals surface area contributed by atoms with Crippen molar-refractivity contribution in [3.63, 3.8) is 0 Å². The van der Waals surface area contributed by atoms with E-state index in [1.54, 1.807) is 0 Å². The Morgan fingerprint density at radius 3 is 3.15 bits per heavy atom. The molecule has 2 aliphatic rings. The fourth-order valence-electron chi connectivity index (χ4n) is 3.58. The van der Waals surface area contributed by atoms with Gasteiger partial charge in [-0.05, 0) is 37.0 Å². The van der Waals surface area contributed by atoms with Crippen LogP contribution >= 0.6 is 15.9 Å². The molecule has 2 fully saturated rings. The molecule has 1 saturated carbocycles. The molecule has 0 radical (unpaired) electrons. The molecule has 1 aliphatic heterocycles. The van der Waals surface area contributed by atoms with Crippen LogP contribution in [0.3, 0.4) is 0 Å². The molecule has 3 unspecified atom stereocenters. The SMILES string of the molecule is O=C(O)COC1(c2cccc(Br)c2)CCC2CC1CN2. The van der Waals surface area contributed by atoms with Gasteiger partial charge in [-0.2, -0.15) is 0 Å². The summed E-state index contributed by atoms with van der Waals surface area (Å²) >= 11 is 3.50. The average molecular weight is 340 g/mol. The second-order valence-corrected chi connectivity index (χ2v) is 6.57. The summed E-state index contributed by atoms with van der Waals surface area (Å²) in [6.07, 6.45) is 2.97. The summed E-state index contributed by atoms with van der Waals surface area (Å²) in [7, 11) is 0. The fraction of sp³-hybridized carbons (Fsp3) is 0.533. The van der Waals surface area contributed by atoms with Gasteiger partial charge in [0, 0.05) is 23.0 Å². The molecule has 0 aromatic heterocycles. The van der Waals surface area contributed by atoms with E-state index < -0.39 is 11.6 Å². The van der Waals surface area contributed by atoms with Crippen molar-refractivity contribution in [1.82, 2.24) is 5.32 Å². The van der Waals surface area contributed by atoms with Crippen LogP contribution in [0.15, 0.2) is 28.7 Å². The number of carboxylic acids is 1. The van der Waals surface area contributed by atoms with E-state index in [1.165, 1.54) is 0 Å². The monoisotopic (exact) mass is 339 g/mol. The predicted octanol–water partition coefficient (Wildman–Crippen LogP) is 2.52. The zero-order valence-corrected chi connectivity index (χ0v) is 12.7. The summed E-state index contributed by atoms with van der Waals surface area (Å²) in [4.78, 5) is 10.9. The molecule has 108 valence electrons. The first kappa shape index (κ1) is 14.0. The first-order valence-corrected chi connectivity index (χ1v) is 7.74. The molecule has 3 rings (SSSR count). The lowest BCUT2D eigenvalue weighted by Crippen LogP contribution is -2.42. The summed E-state index contributed by atoms with van der Waals surface area (Å²) < 4.78 is 6.94. The first-order valence-electron chi connectivity index (χ1n) is 6.95. The summed E-state index contributed by atoms with van der Waals surface area (Å²) in [5.74, 6) is -0.567. The van der Waals surface area contributed by atoms with Crippen LogP contribution in [-0.2, 0) is 15.1 Å². The van der Waals surface area contributed by atoms with E-state index >= 15 is 0 Å². The van der Waals surface area contributed by atoms with E-state index in [0.29, 0.717) is 12.0 Å². The minimum atomic E-state index is -0.910. The van der Waals surface area contributed by atoms with Gasteiger partial charge in [0.1, 0.15) is 6.61 Å². The van der Waals surface area contributed by atoms with Crippen molar-refractivity contribution in [2.75, 3.05) is 13.2 Å². The zero-order valence-electron chi connectivity index (χ0n) is 11.1. The van der Waals surface area contributed by atoms with Crippen LogP contribution in [0.1, 0.15) is 24.8 Å². The Kier molecular flexibility index (Phi) is 3.84. The Morgan fingerprint density at radius 1 is 1.55 bits per heavy atom. The zero-order chi connectivity index (χ0) is 14.2. The molecule has 1 saturated heterocycles. The van der Waals surface area contributed by atoms with Crippen molar-refractivity contribution in [1.29, 1.82) is 0 Å². The maximum Gasteiger partial charge on any atom is 0.329 e. The van der Waals surface area contributed by atoms with E-state index in [0.717, 1.165) is 35.8 Å².